The largest absolute Gasteiger partial charge is 0.370 e. The van der Waals surface area contributed by atoms with E-state index in [4.69, 9.17) is 11.6 Å². The molecule has 1 saturated heterocycles. The number of piperidine rings is 1. The van der Waals surface area contributed by atoms with E-state index >= 15 is 0 Å². The van der Waals surface area contributed by atoms with Crippen molar-refractivity contribution in [2.75, 3.05) is 32.1 Å². The van der Waals surface area contributed by atoms with E-state index in [0.29, 0.717) is 18.1 Å². The molecule has 0 aromatic heterocycles. The second kappa shape index (κ2) is 6.79. The van der Waals surface area contributed by atoms with Crippen LogP contribution in [0.4, 0.5) is 5.69 Å². The quantitative estimate of drug-likeness (QED) is 0.921. The molecule has 1 aliphatic heterocycles. The normalized spacial score (nSPS) is 23.6. The van der Waals surface area contributed by atoms with Crippen molar-refractivity contribution in [3.63, 3.8) is 0 Å². The third kappa shape index (κ3) is 3.87. The van der Waals surface area contributed by atoms with Crippen LogP contribution in [0.15, 0.2) is 24.3 Å². The second-order valence-electron chi connectivity index (χ2n) is 6.17. The van der Waals surface area contributed by atoms with Crippen LogP contribution in [-0.4, -0.2) is 50.2 Å². The Morgan fingerprint density at radius 3 is 2.45 bits per heavy atom. The minimum atomic E-state index is 0.529. The van der Waals surface area contributed by atoms with E-state index in [-0.39, 0.29) is 0 Å². The highest BCUT2D eigenvalue weighted by atomic mass is 35.5. The first kappa shape index (κ1) is 15.6. The van der Waals surface area contributed by atoms with Crippen molar-refractivity contribution in [2.45, 2.75) is 38.4 Å². The standard InChI is InChI=1S/C16H26ClN3/c1-12(2)18-15-9-10-20(11-16(15)19(3)4)14-7-5-13(17)6-8-14/h5-8,12,15-16,18H,9-11H2,1-4H3/t15-,16+/m0/s1. The lowest BCUT2D eigenvalue weighted by atomic mass is 9.97. The first-order valence-corrected chi connectivity index (χ1v) is 7.78. The summed E-state index contributed by atoms with van der Waals surface area (Å²) in [5.41, 5.74) is 1.27. The smallest absolute Gasteiger partial charge is 0.0419 e. The molecular formula is C16H26ClN3. The number of rotatable bonds is 4. The summed E-state index contributed by atoms with van der Waals surface area (Å²) >= 11 is 5.97. The number of halogens is 1. The van der Waals surface area contributed by atoms with E-state index in [2.05, 4.69) is 55.2 Å². The molecule has 0 amide bonds. The van der Waals surface area contributed by atoms with E-state index < -0.39 is 0 Å². The Labute approximate surface area is 127 Å². The Hall–Kier alpha value is -0.770. The maximum atomic E-state index is 5.97. The molecule has 1 aromatic carbocycles. The summed E-state index contributed by atoms with van der Waals surface area (Å²) in [6.45, 7) is 6.59. The molecule has 2 rings (SSSR count). The Bertz CT molecular complexity index is 416. The zero-order valence-corrected chi connectivity index (χ0v) is 13.7. The van der Waals surface area contributed by atoms with Gasteiger partial charge in [-0.15, -0.1) is 0 Å². The highest BCUT2D eigenvalue weighted by Gasteiger charge is 2.30. The Kier molecular flexibility index (Phi) is 5.30. The number of hydrogen-bond acceptors (Lipinski definition) is 3. The minimum Gasteiger partial charge on any atom is -0.370 e. The van der Waals surface area contributed by atoms with Crippen molar-refractivity contribution in [1.29, 1.82) is 0 Å². The van der Waals surface area contributed by atoms with E-state index in [1.165, 1.54) is 12.1 Å². The number of hydrogen-bond donors (Lipinski definition) is 1. The van der Waals surface area contributed by atoms with E-state index in [0.717, 1.165) is 18.1 Å². The summed E-state index contributed by atoms with van der Waals surface area (Å²) in [5, 5.41) is 4.51. The Morgan fingerprint density at radius 2 is 1.90 bits per heavy atom. The van der Waals surface area contributed by atoms with Crippen LogP contribution in [-0.2, 0) is 0 Å². The molecule has 0 radical (unpaired) electrons. The highest BCUT2D eigenvalue weighted by molar-refractivity contribution is 6.30. The maximum Gasteiger partial charge on any atom is 0.0419 e. The molecule has 0 unspecified atom stereocenters. The molecule has 112 valence electrons. The molecule has 0 aliphatic carbocycles. The lowest BCUT2D eigenvalue weighted by Crippen LogP contribution is -2.59. The summed E-state index contributed by atoms with van der Waals surface area (Å²) in [7, 11) is 4.34. The molecule has 1 N–H and O–H groups in total. The van der Waals surface area contributed by atoms with Crippen LogP contribution in [0.1, 0.15) is 20.3 Å². The summed E-state index contributed by atoms with van der Waals surface area (Å²) in [6.07, 6.45) is 1.17. The SMILES string of the molecule is CC(C)N[C@H]1CCN(c2ccc(Cl)cc2)C[C@H]1N(C)C. The topological polar surface area (TPSA) is 18.5 Å². The van der Waals surface area contributed by atoms with Gasteiger partial charge in [-0.25, -0.2) is 0 Å². The van der Waals surface area contributed by atoms with Crippen molar-refractivity contribution in [1.82, 2.24) is 10.2 Å². The Morgan fingerprint density at radius 1 is 1.25 bits per heavy atom. The maximum absolute atomic E-state index is 5.97. The molecule has 1 heterocycles. The van der Waals surface area contributed by atoms with Gasteiger partial charge in [0.05, 0.1) is 0 Å². The van der Waals surface area contributed by atoms with Crippen molar-refractivity contribution in [2.24, 2.45) is 0 Å². The van der Waals surface area contributed by atoms with E-state index in [9.17, 15) is 0 Å². The molecule has 1 fully saturated rings. The van der Waals surface area contributed by atoms with Gasteiger partial charge in [-0.05, 0) is 44.8 Å². The predicted octanol–water partition coefficient (Wildman–Crippen LogP) is 2.85. The number of likely N-dealkylation sites (N-methyl/N-ethyl adjacent to an activating group) is 1. The van der Waals surface area contributed by atoms with E-state index in [1.54, 1.807) is 0 Å². The van der Waals surface area contributed by atoms with Gasteiger partial charge in [0.15, 0.2) is 0 Å². The fraction of sp³-hybridized carbons (Fsp3) is 0.625. The molecule has 1 aliphatic rings. The number of nitrogens with one attached hydrogen (secondary N) is 1. The predicted molar refractivity (Wildman–Crippen MR) is 87.8 cm³/mol. The molecule has 0 saturated carbocycles. The van der Waals surface area contributed by atoms with Gasteiger partial charge in [-0.1, -0.05) is 25.4 Å². The molecule has 0 bridgehead atoms. The van der Waals surface area contributed by atoms with Crippen LogP contribution in [0.25, 0.3) is 0 Å². The molecule has 3 nitrogen and oxygen atoms in total. The number of benzene rings is 1. The molecule has 0 spiro atoms. The van der Waals surface area contributed by atoms with Crippen molar-refractivity contribution < 1.29 is 0 Å². The van der Waals surface area contributed by atoms with E-state index in [1.807, 2.05) is 12.1 Å². The summed E-state index contributed by atoms with van der Waals surface area (Å²) in [6, 6.07) is 9.80. The molecule has 1 aromatic rings. The summed E-state index contributed by atoms with van der Waals surface area (Å²) in [4.78, 5) is 4.79. The van der Waals surface area contributed by atoms with Gasteiger partial charge in [0.1, 0.15) is 0 Å². The third-order valence-corrected chi connectivity index (χ3v) is 4.24. The summed E-state index contributed by atoms with van der Waals surface area (Å²) in [5.74, 6) is 0. The van der Waals surface area contributed by atoms with Crippen molar-refractivity contribution in [3.8, 4) is 0 Å². The minimum absolute atomic E-state index is 0.529. The number of anilines is 1. The van der Waals surface area contributed by atoms with Gasteiger partial charge < -0.3 is 15.1 Å². The van der Waals surface area contributed by atoms with Gasteiger partial charge in [-0.3, -0.25) is 0 Å². The lowest BCUT2D eigenvalue weighted by Gasteiger charge is -2.43. The van der Waals surface area contributed by atoms with Crippen molar-refractivity contribution in [3.05, 3.63) is 29.3 Å². The molecule has 2 atom stereocenters. The molecular weight excluding hydrogens is 270 g/mol. The van der Waals surface area contributed by atoms with Crippen LogP contribution in [0, 0.1) is 0 Å². The number of nitrogens with zero attached hydrogens (tertiary/aromatic N) is 2. The zero-order valence-electron chi connectivity index (χ0n) is 12.9. The van der Waals surface area contributed by atoms with Crippen LogP contribution < -0.4 is 10.2 Å². The monoisotopic (exact) mass is 295 g/mol. The third-order valence-electron chi connectivity index (χ3n) is 3.98. The zero-order chi connectivity index (χ0) is 14.7. The van der Waals surface area contributed by atoms with Gasteiger partial charge in [-0.2, -0.15) is 0 Å². The fourth-order valence-electron chi connectivity index (χ4n) is 2.96. The van der Waals surface area contributed by atoms with Crippen LogP contribution in [0.2, 0.25) is 5.02 Å². The fourth-order valence-corrected chi connectivity index (χ4v) is 3.09. The highest BCUT2D eigenvalue weighted by Crippen LogP contribution is 2.23. The Balaban J connectivity index is 2.07. The average Bonchev–Trinajstić information content (AvgIpc) is 2.39. The van der Waals surface area contributed by atoms with Crippen LogP contribution >= 0.6 is 11.6 Å². The average molecular weight is 296 g/mol. The van der Waals surface area contributed by atoms with Gasteiger partial charge in [0.2, 0.25) is 0 Å². The molecule has 4 heteroatoms. The van der Waals surface area contributed by atoms with Gasteiger partial charge >= 0.3 is 0 Å². The van der Waals surface area contributed by atoms with Crippen LogP contribution in [0.5, 0.6) is 0 Å². The van der Waals surface area contributed by atoms with Gasteiger partial charge in [0.25, 0.3) is 0 Å². The second-order valence-corrected chi connectivity index (χ2v) is 6.61. The van der Waals surface area contributed by atoms with Crippen molar-refractivity contribution >= 4 is 17.3 Å². The summed E-state index contributed by atoms with van der Waals surface area (Å²) < 4.78 is 0. The van der Waals surface area contributed by atoms with Gasteiger partial charge in [0, 0.05) is 41.9 Å². The van der Waals surface area contributed by atoms with Crippen LogP contribution in [0.3, 0.4) is 0 Å². The lowest BCUT2D eigenvalue weighted by molar-refractivity contribution is 0.196. The first-order chi connectivity index (χ1) is 9.47. The first-order valence-electron chi connectivity index (χ1n) is 7.40. The molecule has 20 heavy (non-hydrogen) atoms.